The molecule has 0 heterocycles. The van der Waals surface area contributed by atoms with Gasteiger partial charge in [0.15, 0.2) is 0 Å². The number of hydrogen-bond donors (Lipinski definition) is 2. The quantitative estimate of drug-likeness (QED) is 0.630. The highest BCUT2D eigenvalue weighted by molar-refractivity contribution is 5.43. The van der Waals surface area contributed by atoms with Crippen LogP contribution in [0, 0.1) is 5.82 Å². The number of anilines is 2. The number of hydrogen-bond acceptors (Lipinski definition) is 3. The molecule has 0 radical (unpaired) electrons. The second kappa shape index (κ2) is 5.91. The molecule has 3 N–H and O–H groups in total. The Balaban J connectivity index is 1.73. The van der Waals surface area contributed by atoms with Gasteiger partial charge in [0, 0.05) is 17.9 Å². The van der Waals surface area contributed by atoms with Crippen molar-refractivity contribution >= 4 is 11.4 Å². The molecule has 0 amide bonds. The van der Waals surface area contributed by atoms with Gasteiger partial charge >= 0.3 is 0 Å². The van der Waals surface area contributed by atoms with E-state index < -0.39 is 0 Å². The van der Waals surface area contributed by atoms with Crippen LogP contribution in [0.25, 0.3) is 0 Å². The molecule has 0 aliphatic carbocycles. The van der Waals surface area contributed by atoms with Crippen LogP contribution < -0.4 is 15.8 Å². The Labute approximate surface area is 105 Å². The van der Waals surface area contributed by atoms with Gasteiger partial charge in [-0.1, -0.05) is 0 Å². The molecular weight excluding hydrogens is 231 g/mol. The largest absolute Gasteiger partial charge is 0.492 e. The van der Waals surface area contributed by atoms with Gasteiger partial charge in [0.1, 0.15) is 18.2 Å². The van der Waals surface area contributed by atoms with Crippen molar-refractivity contribution in [3.05, 3.63) is 54.3 Å². The Hall–Kier alpha value is -2.23. The molecule has 0 aromatic heterocycles. The van der Waals surface area contributed by atoms with Crippen LogP contribution in [0.1, 0.15) is 0 Å². The lowest BCUT2D eigenvalue weighted by atomic mass is 10.3. The van der Waals surface area contributed by atoms with Crippen molar-refractivity contribution in [2.45, 2.75) is 0 Å². The van der Waals surface area contributed by atoms with E-state index in [0.29, 0.717) is 18.8 Å². The van der Waals surface area contributed by atoms with Crippen LogP contribution in [-0.4, -0.2) is 13.2 Å². The number of nitrogens with one attached hydrogen (secondary N) is 1. The Morgan fingerprint density at radius 3 is 2.33 bits per heavy atom. The number of rotatable bonds is 5. The molecule has 0 aliphatic heterocycles. The smallest absolute Gasteiger partial charge is 0.123 e. The summed E-state index contributed by atoms with van der Waals surface area (Å²) < 4.78 is 18.2. The van der Waals surface area contributed by atoms with Gasteiger partial charge in [-0.15, -0.1) is 0 Å². The maximum Gasteiger partial charge on any atom is 0.123 e. The number of benzene rings is 2. The monoisotopic (exact) mass is 246 g/mol. The fourth-order valence-corrected chi connectivity index (χ4v) is 1.50. The molecule has 94 valence electrons. The summed E-state index contributed by atoms with van der Waals surface area (Å²) in [5, 5.41) is 3.14. The van der Waals surface area contributed by atoms with Crippen molar-refractivity contribution in [1.82, 2.24) is 0 Å². The molecule has 2 aromatic carbocycles. The fraction of sp³-hybridized carbons (Fsp3) is 0.143. The molecule has 4 heteroatoms. The molecule has 0 saturated carbocycles. The molecule has 0 atom stereocenters. The van der Waals surface area contributed by atoms with Crippen LogP contribution in [0.2, 0.25) is 0 Å². The van der Waals surface area contributed by atoms with Crippen molar-refractivity contribution < 1.29 is 9.13 Å². The minimum absolute atomic E-state index is 0.237. The Bertz CT molecular complexity index is 435. The van der Waals surface area contributed by atoms with Gasteiger partial charge in [0.25, 0.3) is 0 Å². The summed E-state index contributed by atoms with van der Waals surface area (Å²) in [7, 11) is 0. The Kier molecular flexibility index (Phi) is 4.02. The van der Waals surface area contributed by atoms with Gasteiger partial charge in [-0.3, -0.25) is 0 Å². The van der Waals surface area contributed by atoms with Crippen LogP contribution in [0.5, 0.6) is 5.75 Å². The molecular formula is C14H15FN2O. The van der Waals surface area contributed by atoms with E-state index in [1.54, 1.807) is 24.3 Å². The van der Waals surface area contributed by atoms with Crippen molar-refractivity contribution in [1.29, 1.82) is 0 Å². The molecule has 0 aliphatic rings. The Morgan fingerprint density at radius 2 is 1.67 bits per heavy atom. The lowest BCUT2D eigenvalue weighted by molar-refractivity contribution is 0.333. The van der Waals surface area contributed by atoms with E-state index in [0.717, 1.165) is 11.4 Å². The second-order valence-corrected chi connectivity index (χ2v) is 3.85. The summed E-state index contributed by atoms with van der Waals surface area (Å²) in [4.78, 5) is 0. The highest BCUT2D eigenvalue weighted by Crippen LogP contribution is 2.13. The van der Waals surface area contributed by atoms with Crippen LogP contribution in [0.4, 0.5) is 15.8 Å². The van der Waals surface area contributed by atoms with E-state index >= 15 is 0 Å². The maximum atomic E-state index is 12.7. The SMILES string of the molecule is Nc1ccc(OCCNc2ccc(F)cc2)cc1. The molecule has 3 nitrogen and oxygen atoms in total. The average molecular weight is 246 g/mol. The number of ether oxygens (including phenoxy) is 1. The van der Waals surface area contributed by atoms with Crippen LogP contribution in [0.3, 0.4) is 0 Å². The minimum Gasteiger partial charge on any atom is -0.492 e. The molecule has 0 spiro atoms. The predicted molar refractivity (Wildman–Crippen MR) is 71.2 cm³/mol. The number of halogens is 1. The highest BCUT2D eigenvalue weighted by atomic mass is 19.1. The van der Waals surface area contributed by atoms with Gasteiger partial charge in [-0.2, -0.15) is 0 Å². The van der Waals surface area contributed by atoms with E-state index in [1.165, 1.54) is 12.1 Å². The standard InChI is InChI=1S/C14H15FN2O/c15-11-1-5-13(6-2-11)17-9-10-18-14-7-3-12(16)4-8-14/h1-8,17H,9-10,16H2. The van der Waals surface area contributed by atoms with Crippen LogP contribution >= 0.6 is 0 Å². The minimum atomic E-state index is -0.237. The molecule has 2 rings (SSSR count). The van der Waals surface area contributed by atoms with E-state index in [2.05, 4.69) is 5.32 Å². The van der Waals surface area contributed by atoms with Gasteiger partial charge in [-0.25, -0.2) is 4.39 Å². The molecule has 18 heavy (non-hydrogen) atoms. The lowest BCUT2D eigenvalue weighted by Crippen LogP contribution is -2.11. The predicted octanol–water partition coefficient (Wildman–Crippen LogP) is 2.90. The third kappa shape index (κ3) is 3.66. The summed E-state index contributed by atoms with van der Waals surface area (Å²) in [6.45, 7) is 1.18. The van der Waals surface area contributed by atoms with Crippen LogP contribution in [0.15, 0.2) is 48.5 Å². The second-order valence-electron chi connectivity index (χ2n) is 3.85. The maximum absolute atomic E-state index is 12.7. The first-order valence-corrected chi connectivity index (χ1v) is 5.72. The summed E-state index contributed by atoms with van der Waals surface area (Å²) in [6.07, 6.45) is 0. The van der Waals surface area contributed by atoms with Crippen LogP contribution in [-0.2, 0) is 0 Å². The average Bonchev–Trinajstić information content (AvgIpc) is 2.39. The zero-order chi connectivity index (χ0) is 12.8. The fourth-order valence-electron chi connectivity index (χ4n) is 1.50. The molecule has 2 aromatic rings. The van der Waals surface area contributed by atoms with Gasteiger partial charge in [-0.05, 0) is 48.5 Å². The van der Waals surface area contributed by atoms with E-state index in [4.69, 9.17) is 10.5 Å². The molecule has 0 saturated heterocycles. The van der Waals surface area contributed by atoms with Crippen molar-refractivity contribution in [3.63, 3.8) is 0 Å². The van der Waals surface area contributed by atoms with Gasteiger partial charge in [0.2, 0.25) is 0 Å². The van der Waals surface area contributed by atoms with Gasteiger partial charge < -0.3 is 15.8 Å². The lowest BCUT2D eigenvalue weighted by Gasteiger charge is -2.08. The summed E-state index contributed by atoms with van der Waals surface area (Å²) in [5.74, 6) is 0.545. The highest BCUT2D eigenvalue weighted by Gasteiger charge is 1.95. The molecule has 0 unspecified atom stereocenters. The number of nitrogens with two attached hydrogens (primary N) is 1. The zero-order valence-corrected chi connectivity index (χ0v) is 9.90. The summed E-state index contributed by atoms with van der Waals surface area (Å²) >= 11 is 0. The molecule has 0 bridgehead atoms. The topological polar surface area (TPSA) is 47.3 Å². The zero-order valence-electron chi connectivity index (χ0n) is 9.90. The first-order chi connectivity index (χ1) is 8.74. The first-order valence-electron chi connectivity index (χ1n) is 5.72. The normalized spacial score (nSPS) is 10.1. The van der Waals surface area contributed by atoms with E-state index in [-0.39, 0.29) is 5.82 Å². The summed E-state index contributed by atoms with van der Waals surface area (Å²) in [5.41, 5.74) is 7.16. The Morgan fingerprint density at radius 1 is 1.00 bits per heavy atom. The first kappa shape index (κ1) is 12.2. The third-order valence-corrected chi connectivity index (χ3v) is 2.42. The third-order valence-electron chi connectivity index (χ3n) is 2.42. The van der Waals surface area contributed by atoms with Crippen molar-refractivity contribution in [2.24, 2.45) is 0 Å². The summed E-state index contributed by atoms with van der Waals surface area (Å²) in [6, 6.07) is 13.5. The number of nitrogen functional groups attached to an aromatic ring is 1. The molecule has 0 fully saturated rings. The van der Waals surface area contributed by atoms with E-state index in [1.807, 2.05) is 12.1 Å². The van der Waals surface area contributed by atoms with E-state index in [9.17, 15) is 4.39 Å². The van der Waals surface area contributed by atoms with Crippen molar-refractivity contribution in [3.8, 4) is 5.75 Å². The van der Waals surface area contributed by atoms with Gasteiger partial charge in [0.05, 0.1) is 0 Å². The van der Waals surface area contributed by atoms with Crippen molar-refractivity contribution in [2.75, 3.05) is 24.2 Å².